The quantitative estimate of drug-likeness (QED) is 0.753. The van der Waals surface area contributed by atoms with Crippen LogP contribution in [0.1, 0.15) is 5.69 Å². The molecule has 1 aliphatic rings. The zero-order chi connectivity index (χ0) is 16.9. The van der Waals surface area contributed by atoms with E-state index in [4.69, 9.17) is 0 Å². The number of aromatic amines is 1. The molecule has 0 bridgehead atoms. The maximum Gasteiger partial charge on any atom is 0.100 e. The average Bonchev–Trinajstić information content (AvgIpc) is 3.12. The summed E-state index contributed by atoms with van der Waals surface area (Å²) >= 11 is 0. The molecule has 128 valence electrons. The van der Waals surface area contributed by atoms with E-state index < -0.39 is 0 Å². The van der Waals surface area contributed by atoms with Gasteiger partial charge in [-0.3, -0.25) is 10.1 Å². The summed E-state index contributed by atoms with van der Waals surface area (Å²) in [6, 6.07) is 14.5. The largest absolute Gasteiger partial charge is 0.314 e. The molecule has 1 saturated heterocycles. The highest BCUT2D eigenvalue weighted by Crippen LogP contribution is 2.33. The topological polar surface area (TPSA) is 56.8 Å². The van der Waals surface area contributed by atoms with Crippen LogP contribution in [0.25, 0.3) is 22.4 Å². The van der Waals surface area contributed by atoms with Crippen molar-refractivity contribution in [3.8, 4) is 22.4 Å². The number of benzene rings is 1. The van der Waals surface area contributed by atoms with Crippen LogP contribution < -0.4 is 5.32 Å². The van der Waals surface area contributed by atoms with Gasteiger partial charge in [0.2, 0.25) is 0 Å². The average molecular weight is 333 g/mol. The first-order valence-electron chi connectivity index (χ1n) is 8.88. The van der Waals surface area contributed by atoms with E-state index >= 15 is 0 Å². The Morgan fingerprint density at radius 3 is 2.44 bits per heavy atom. The van der Waals surface area contributed by atoms with E-state index in [9.17, 15) is 0 Å². The van der Waals surface area contributed by atoms with Gasteiger partial charge in [0.1, 0.15) is 5.69 Å². The predicted octanol–water partition coefficient (Wildman–Crippen LogP) is 2.59. The number of nitrogens with one attached hydrogen (secondary N) is 2. The van der Waals surface area contributed by atoms with Crippen LogP contribution in [0, 0.1) is 0 Å². The van der Waals surface area contributed by atoms with Gasteiger partial charge in [-0.05, 0) is 17.7 Å². The van der Waals surface area contributed by atoms with Gasteiger partial charge in [-0.1, -0.05) is 30.3 Å². The fraction of sp³-hybridized carbons (Fsp3) is 0.300. The molecule has 0 aliphatic carbocycles. The summed E-state index contributed by atoms with van der Waals surface area (Å²) < 4.78 is 0. The van der Waals surface area contributed by atoms with Crippen LogP contribution in [0.3, 0.4) is 0 Å². The van der Waals surface area contributed by atoms with E-state index in [0.717, 1.165) is 56.0 Å². The highest BCUT2D eigenvalue weighted by molar-refractivity contribution is 5.82. The van der Waals surface area contributed by atoms with E-state index in [1.54, 1.807) is 0 Å². The van der Waals surface area contributed by atoms with Crippen molar-refractivity contribution >= 4 is 0 Å². The Balaban J connectivity index is 1.65. The molecule has 2 N–H and O–H groups in total. The van der Waals surface area contributed by atoms with Gasteiger partial charge in [0.25, 0.3) is 0 Å². The van der Waals surface area contributed by atoms with Crippen molar-refractivity contribution in [3.05, 3.63) is 60.6 Å². The van der Waals surface area contributed by atoms with Crippen LogP contribution in [0.15, 0.2) is 54.9 Å². The number of hydrogen-bond acceptors (Lipinski definition) is 4. The second-order valence-electron chi connectivity index (χ2n) is 6.37. The van der Waals surface area contributed by atoms with Crippen LogP contribution in [0.2, 0.25) is 0 Å². The molecule has 1 aromatic carbocycles. The Morgan fingerprint density at radius 2 is 1.68 bits per heavy atom. The number of aromatic nitrogens is 3. The van der Waals surface area contributed by atoms with Crippen molar-refractivity contribution in [3.63, 3.8) is 0 Å². The molecule has 0 saturated carbocycles. The molecule has 0 spiro atoms. The number of hydrogen-bond donors (Lipinski definition) is 2. The van der Waals surface area contributed by atoms with E-state index in [-0.39, 0.29) is 0 Å². The SMILES string of the molecule is c1ccc(-c2n[nH]c(CCN3CCNCC3)c2-c2ccncc2)cc1. The summed E-state index contributed by atoms with van der Waals surface area (Å²) in [5.41, 5.74) is 5.71. The van der Waals surface area contributed by atoms with Crippen molar-refractivity contribution in [2.75, 3.05) is 32.7 Å². The summed E-state index contributed by atoms with van der Waals surface area (Å²) in [5, 5.41) is 11.4. The summed E-state index contributed by atoms with van der Waals surface area (Å²) in [4.78, 5) is 6.67. The standard InChI is InChI=1S/C20H23N5/c1-2-4-17(5-3-1)20-19(16-6-9-21-10-7-16)18(23-24-20)8-13-25-14-11-22-12-15-25/h1-7,9-10,22H,8,11-15H2,(H,23,24). The van der Waals surface area contributed by atoms with Crippen LogP contribution >= 0.6 is 0 Å². The number of nitrogens with zero attached hydrogens (tertiary/aromatic N) is 3. The molecule has 4 rings (SSSR count). The van der Waals surface area contributed by atoms with Gasteiger partial charge in [-0.25, -0.2) is 0 Å². The molecule has 25 heavy (non-hydrogen) atoms. The van der Waals surface area contributed by atoms with Gasteiger partial charge in [0, 0.05) is 68.4 Å². The van der Waals surface area contributed by atoms with Gasteiger partial charge >= 0.3 is 0 Å². The lowest BCUT2D eigenvalue weighted by Gasteiger charge is -2.27. The lowest BCUT2D eigenvalue weighted by molar-refractivity contribution is 0.243. The van der Waals surface area contributed by atoms with Gasteiger partial charge in [0.15, 0.2) is 0 Å². The first-order chi connectivity index (χ1) is 12.4. The number of rotatable bonds is 5. The van der Waals surface area contributed by atoms with Crippen molar-refractivity contribution in [2.45, 2.75) is 6.42 Å². The van der Waals surface area contributed by atoms with Crippen LogP contribution in [-0.2, 0) is 6.42 Å². The Kier molecular flexibility index (Phi) is 4.86. The second-order valence-corrected chi connectivity index (χ2v) is 6.37. The van der Waals surface area contributed by atoms with Crippen LogP contribution in [-0.4, -0.2) is 52.8 Å². The molecule has 1 fully saturated rings. The van der Waals surface area contributed by atoms with E-state index in [1.807, 2.05) is 18.5 Å². The zero-order valence-corrected chi connectivity index (χ0v) is 14.3. The van der Waals surface area contributed by atoms with Crippen molar-refractivity contribution in [2.24, 2.45) is 0 Å². The molecule has 3 aromatic rings. The minimum absolute atomic E-state index is 0.970. The van der Waals surface area contributed by atoms with Gasteiger partial charge in [-0.15, -0.1) is 0 Å². The predicted molar refractivity (Wildman–Crippen MR) is 100 cm³/mol. The van der Waals surface area contributed by atoms with Crippen molar-refractivity contribution in [1.29, 1.82) is 0 Å². The monoisotopic (exact) mass is 333 g/mol. The lowest BCUT2D eigenvalue weighted by Crippen LogP contribution is -2.44. The third kappa shape index (κ3) is 3.62. The van der Waals surface area contributed by atoms with Gasteiger partial charge in [-0.2, -0.15) is 5.10 Å². The maximum atomic E-state index is 4.65. The lowest BCUT2D eigenvalue weighted by atomic mass is 9.98. The molecule has 3 heterocycles. The summed E-state index contributed by atoms with van der Waals surface area (Å²) in [7, 11) is 0. The van der Waals surface area contributed by atoms with Gasteiger partial charge < -0.3 is 10.2 Å². The minimum Gasteiger partial charge on any atom is -0.314 e. The van der Waals surface area contributed by atoms with Crippen LogP contribution in [0.5, 0.6) is 0 Å². The summed E-state index contributed by atoms with van der Waals surface area (Å²) in [5.74, 6) is 0. The number of piperazine rings is 1. The molecular formula is C20H23N5. The third-order valence-electron chi connectivity index (χ3n) is 4.75. The molecule has 1 aliphatic heterocycles. The Bertz CT molecular complexity index is 791. The maximum absolute atomic E-state index is 4.65. The zero-order valence-electron chi connectivity index (χ0n) is 14.3. The second kappa shape index (κ2) is 7.59. The molecule has 5 heteroatoms. The van der Waals surface area contributed by atoms with E-state index in [0.29, 0.717) is 0 Å². The third-order valence-corrected chi connectivity index (χ3v) is 4.75. The van der Waals surface area contributed by atoms with E-state index in [2.05, 4.69) is 61.8 Å². The first-order valence-corrected chi connectivity index (χ1v) is 8.88. The molecule has 0 radical (unpaired) electrons. The molecular weight excluding hydrogens is 310 g/mol. The summed E-state index contributed by atoms with van der Waals surface area (Å²) in [6.45, 7) is 5.44. The van der Waals surface area contributed by atoms with Crippen molar-refractivity contribution < 1.29 is 0 Å². The molecule has 0 atom stereocenters. The number of pyridine rings is 1. The highest BCUT2D eigenvalue weighted by atomic mass is 15.2. The smallest absolute Gasteiger partial charge is 0.100 e. The van der Waals surface area contributed by atoms with Crippen LogP contribution in [0.4, 0.5) is 0 Å². The molecule has 5 nitrogen and oxygen atoms in total. The fourth-order valence-corrected chi connectivity index (χ4v) is 3.40. The van der Waals surface area contributed by atoms with E-state index in [1.165, 1.54) is 11.3 Å². The minimum atomic E-state index is 0.970. The molecule has 2 aromatic heterocycles. The number of H-pyrrole nitrogens is 1. The summed E-state index contributed by atoms with van der Waals surface area (Å²) in [6.07, 6.45) is 4.66. The fourth-order valence-electron chi connectivity index (χ4n) is 3.40. The van der Waals surface area contributed by atoms with Crippen molar-refractivity contribution in [1.82, 2.24) is 25.4 Å². The first kappa shape index (κ1) is 16.0. The highest BCUT2D eigenvalue weighted by Gasteiger charge is 2.18. The molecule has 0 amide bonds. The molecule has 0 unspecified atom stereocenters. The Labute approximate surface area is 148 Å². The Hall–Kier alpha value is -2.50. The Morgan fingerprint density at radius 1 is 0.920 bits per heavy atom. The normalized spacial score (nSPS) is 15.4. The van der Waals surface area contributed by atoms with Gasteiger partial charge in [0.05, 0.1) is 0 Å².